The Hall–Kier alpha value is -6.52. The van der Waals surface area contributed by atoms with Crippen LogP contribution in [0.25, 0.3) is 93.8 Å². The third kappa shape index (κ3) is 4.61. The van der Waals surface area contributed by atoms with Crippen LogP contribution in [-0.4, -0.2) is 19.5 Å². The molecule has 0 bridgehead atoms. The van der Waals surface area contributed by atoms with Gasteiger partial charge in [0.15, 0.2) is 0 Å². The molecule has 1 N–H and O–H groups in total. The van der Waals surface area contributed by atoms with E-state index in [1.807, 2.05) is 30.5 Å². The van der Waals surface area contributed by atoms with Crippen LogP contribution in [0.1, 0.15) is 26.3 Å². The normalized spacial score (nSPS) is 12.2. The van der Waals surface area contributed by atoms with Crippen LogP contribution in [0.15, 0.2) is 152 Å². The molecule has 4 heterocycles. The maximum atomic E-state index is 12.2. The van der Waals surface area contributed by atoms with Gasteiger partial charge in [-0.3, -0.25) is 4.98 Å². The Labute approximate surface area is 301 Å². The Morgan fingerprint density at radius 3 is 2.08 bits per heavy atom. The van der Waals surface area contributed by atoms with Gasteiger partial charge in [0.1, 0.15) is 5.75 Å². The molecule has 248 valence electrons. The molecule has 0 aliphatic heterocycles. The Morgan fingerprint density at radius 1 is 0.519 bits per heavy atom. The molecule has 4 heteroatoms. The van der Waals surface area contributed by atoms with Crippen molar-refractivity contribution in [3.05, 3.63) is 157 Å². The lowest BCUT2D eigenvalue weighted by molar-refractivity contribution is 0.484. The monoisotopic (exact) mass is 669 g/mol. The molecule has 6 aromatic carbocycles. The molecule has 10 aromatic rings. The summed E-state index contributed by atoms with van der Waals surface area (Å²) in [5.74, 6) is 0.251. The minimum absolute atomic E-state index is 0.1000. The van der Waals surface area contributed by atoms with Crippen molar-refractivity contribution in [2.75, 3.05) is 0 Å². The highest BCUT2D eigenvalue weighted by Gasteiger charge is 2.25. The molecule has 52 heavy (non-hydrogen) atoms. The minimum Gasteiger partial charge on any atom is -0.507 e. The number of rotatable bonds is 4. The molecule has 4 aromatic heterocycles. The van der Waals surface area contributed by atoms with Gasteiger partial charge in [0.2, 0.25) is 0 Å². The summed E-state index contributed by atoms with van der Waals surface area (Å²) in [6.45, 7) is 6.71. The number of phenols is 1. The van der Waals surface area contributed by atoms with Gasteiger partial charge in [-0.2, -0.15) is 0 Å². The fourth-order valence-corrected chi connectivity index (χ4v) is 8.02. The van der Waals surface area contributed by atoms with E-state index < -0.39 is 0 Å². The quantitative estimate of drug-likeness (QED) is 0.203. The number of pyridine rings is 2. The van der Waals surface area contributed by atoms with E-state index in [1.165, 1.54) is 21.7 Å². The van der Waals surface area contributed by atoms with Crippen LogP contribution in [0.3, 0.4) is 0 Å². The van der Waals surface area contributed by atoms with Gasteiger partial charge in [-0.1, -0.05) is 106 Å². The first-order chi connectivity index (χ1) is 25.3. The number of aromatic nitrogens is 3. The lowest BCUT2D eigenvalue weighted by Gasteiger charge is -2.21. The molecule has 10 rings (SSSR count). The molecule has 0 unspecified atom stereocenters. The molecule has 0 aliphatic carbocycles. The largest absolute Gasteiger partial charge is 0.507 e. The fraction of sp³-hybridized carbons (Fsp3) is 0.0833. The van der Waals surface area contributed by atoms with E-state index in [0.717, 1.165) is 77.6 Å². The molecule has 4 nitrogen and oxygen atoms in total. The lowest BCUT2D eigenvalue weighted by atomic mass is 9.84. The van der Waals surface area contributed by atoms with Gasteiger partial charge in [0.05, 0.1) is 39.0 Å². The highest BCUT2D eigenvalue weighted by atomic mass is 16.3. The summed E-state index contributed by atoms with van der Waals surface area (Å²) in [7, 11) is 0. The lowest BCUT2D eigenvalue weighted by Crippen LogP contribution is -2.11. The predicted molar refractivity (Wildman–Crippen MR) is 216 cm³/mol. The molecule has 0 saturated carbocycles. The fourth-order valence-electron chi connectivity index (χ4n) is 8.02. The third-order valence-corrected chi connectivity index (χ3v) is 10.6. The van der Waals surface area contributed by atoms with E-state index in [9.17, 15) is 5.11 Å². The molecule has 0 radical (unpaired) electrons. The zero-order valence-electron chi connectivity index (χ0n) is 29.2. The van der Waals surface area contributed by atoms with Crippen molar-refractivity contribution in [3.63, 3.8) is 0 Å². The number of hydrogen-bond acceptors (Lipinski definition) is 3. The number of para-hydroxylation sites is 1. The second-order valence-electron chi connectivity index (χ2n) is 14.8. The number of fused-ring (bicyclic) bond motifs is 8. The van der Waals surface area contributed by atoms with Crippen LogP contribution in [0, 0.1) is 0 Å². The van der Waals surface area contributed by atoms with Crippen molar-refractivity contribution in [1.29, 1.82) is 0 Å². The van der Waals surface area contributed by atoms with Crippen LogP contribution in [0.2, 0.25) is 0 Å². The first-order valence-corrected chi connectivity index (χ1v) is 17.8. The number of nitrogens with zero attached hydrogens (tertiary/aromatic N) is 3. The first kappa shape index (κ1) is 30.3. The van der Waals surface area contributed by atoms with E-state index in [0.29, 0.717) is 0 Å². The number of benzene rings is 6. The van der Waals surface area contributed by atoms with Crippen LogP contribution in [0.4, 0.5) is 0 Å². The topological polar surface area (TPSA) is 50.4 Å². The van der Waals surface area contributed by atoms with Gasteiger partial charge in [-0.25, -0.2) is 4.98 Å². The van der Waals surface area contributed by atoms with Gasteiger partial charge in [-0.05, 0) is 93.5 Å². The van der Waals surface area contributed by atoms with Crippen molar-refractivity contribution >= 4 is 48.9 Å². The summed E-state index contributed by atoms with van der Waals surface area (Å²) in [5, 5.41) is 18.8. The Bertz CT molecular complexity index is 3000. The summed E-state index contributed by atoms with van der Waals surface area (Å²) < 4.78 is 2.31. The van der Waals surface area contributed by atoms with E-state index in [1.54, 1.807) is 0 Å². The van der Waals surface area contributed by atoms with Gasteiger partial charge in [-0.15, -0.1) is 0 Å². The molecule has 0 fully saturated rings. The summed E-state index contributed by atoms with van der Waals surface area (Å²) in [6, 6.07) is 50.9. The van der Waals surface area contributed by atoms with Crippen molar-refractivity contribution in [1.82, 2.24) is 14.4 Å². The Kier molecular flexibility index (Phi) is 6.56. The first-order valence-electron chi connectivity index (χ1n) is 17.8. The summed E-state index contributed by atoms with van der Waals surface area (Å²) in [5.41, 5.74) is 11.9. The Balaban J connectivity index is 1.19. The number of phenolic OH excluding ortho intramolecular Hbond substituents is 1. The third-order valence-electron chi connectivity index (χ3n) is 10.6. The zero-order valence-corrected chi connectivity index (χ0v) is 29.2. The summed E-state index contributed by atoms with van der Waals surface area (Å²) in [6.07, 6.45) is 1.89. The summed E-state index contributed by atoms with van der Waals surface area (Å²) >= 11 is 0. The zero-order chi connectivity index (χ0) is 35.1. The number of hydrogen-bond donors (Lipinski definition) is 1. The molecular formula is C48H35N3O. The average molecular weight is 670 g/mol. The van der Waals surface area contributed by atoms with E-state index in [4.69, 9.17) is 9.97 Å². The number of aromatic hydroxyl groups is 1. The molecular weight excluding hydrogens is 635 g/mol. The van der Waals surface area contributed by atoms with Crippen LogP contribution < -0.4 is 0 Å². The van der Waals surface area contributed by atoms with Crippen molar-refractivity contribution in [2.24, 2.45) is 0 Å². The van der Waals surface area contributed by atoms with Crippen molar-refractivity contribution < 1.29 is 5.11 Å². The second-order valence-corrected chi connectivity index (χ2v) is 14.8. The van der Waals surface area contributed by atoms with Crippen molar-refractivity contribution in [3.8, 4) is 50.6 Å². The van der Waals surface area contributed by atoms with Crippen LogP contribution in [0.5, 0.6) is 5.75 Å². The highest BCUT2D eigenvalue weighted by molar-refractivity contribution is 6.31. The maximum absolute atomic E-state index is 12.2. The highest BCUT2D eigenvalue weighted by Crippen LogP contribution is 2.48. The van der Waals surface area contributed by atoms with Crippen LogP contribution >= 0.6 is 0 Å². The second kappa shape index (κ2) is 11.2. The van der Waals surface area contributed by atoms with Gasteiger partial charge >= 0.3 is 0 Å². The molecule has 0 amide bonds. The van der Waals surface area contributed by atoms with E-state index in [-0.39, 0.29) is 11.2 Å². The van der Waals surface area contributed by atoms with Crippen molar-refractivity contribution in [2.45, 2.75) is 26.2 Å². The van der Waals surface area contributed by atoms with E-state index in [2.05, 4.69) is 146 Å². The average Bonchev–Trinajstić information content (AvgIpc) is 3.71. The minimum atomic E-state index is -0.1000. The molecule has 0 spiro atoms. The van der Waals surface area contributed by atoms with Gasteiger partial charge in [0, 0.05) is 39.0 Å². The Morgan fingerprint density at radius 2 is 1.25 bits per heavy atom. The molecule has 0 atom stereocenters. The predicted octanol–water partition coefficient (Wildman–Crippen LogP) is 12.5. The molecule has 0 saturated heterocycles. The van der Waals surface area contributed by atoms with Gasteiger partial charge < -0.3 is 9.51 Å². The van der Waals surface area contributed by atoms with E-state index >= 15 is 0 Å². The smallest absolute Gasteiger partial charge is 0.135 e. The summed E-state index contributed by atoms with van der Waals surface area (Å²) in [4.78, 5) is 10.1. The van der Waals surface area contributed by atoms with Gasteiger partial charge in [0.25, 0.3) is 0 Å². The SMILES string of the molecule is CC(C)(C)c1cc(-c2cc(-c3ccccc3)ccn2)cc(-c2cccc(-c3cc4c5c6ccccc6ccc5n5c6ccccc6c(c3O)c45)n2)c1. The molecule has 0 aliphatic rings. The standard InChI is InChI=1S/C48H35N3O/c1-48(2,3)34-25-32(24-33(26-34)41-27-31(22-23-49-41)29-12-5-4-6-13-29)39-17-11-18-40(50-39)37-28-38-44-35-15-8-7-14-30(35)20-21-43(44)51-42-19-10-9-16-36(42)45(46(38)51)47(37)52/h4-28,52H,1-3H3. The maximum Gasteiger partial charge on any atom is 0.135 e. The van der Waals surface area contributed by atoms with Crippen LogP contribution in [-0.2, 0) is 5.41 Å².